The second-order valence-electron chi connectivity index (χ2n) is 2.96. The zero-order chi connectivity index (χ0) is 10.6. The van der Waals surface area contributed by atoms with Crippen molar-refractivity contribution < 1.29 is 4.74 Å². The van der Waals surface area contributed by atoms with E-state index in [4.69, 9.17) is 10.5 Å². The van der Waals surface area contributed by atoms with Crippen LogP contribution in [0.1, 0.15) is 30.8 Å². The van der Waals surface area contributed by atoms with Gasteiger partial charge in [0, 0.05) is 25.4 Å². The number of rotatable bonds is 4. The van der Waals surface area contributed by atoms with E-state index in [9.17, 15) is 4.79 Å². The summed E-state index contributed by atoms with van der Waals surface area (Å²) in [5.41, 5.74) is 5.65. The predicted molar refractivity (Wildman–Crippen MR) is 52.8 cm³/mol. The average Bonchev–Trinajstić information content (AvgIpc) is 2.20. The van der Waals surface area contributed by atoms with Crippen LogP contribution >= 0.6 is 0 Å². The van der Waals surface area contributed by atoms with Crippen LogP contribution in [-0.4, -0.2) is 17.1 Å². The third-order valence-corrected chi connectivity index (χ3v) is 2.07. The van der Waals surface area contributed by atoms with Crippen molar-refractivity contribution in [2.24, 2.45) is 5.73 Å². The Morgan fingerprint density at radius 3 is 2.86 bits per heavy atom. The van der Waals surface area contributed by atoms with E-state index in [0.717, 1.165) is 6.42 Å². The maximum absolute atomic E-state index is 11.4. The fraction of sp³-hybridized carbons (Fsp3) is 0.556. The molecule has 0 saturated heterocycles. The lowest BCUT2D eigenvalue weighted by Crippen LogP contribution is -2.20. The van der Waals surface area contributed by atoms with Gasteiger partial charge in [-0.25, -0.2) is 4.98 Å². The lowest BCUT2D eigenvalue weighted by atomic mass is 10.2. The summed E-state index contributed by atoms with van der Waals surface area (Å²) in [6.45, 7) is 2.16. The minimum atomic E-state index is -0.187. The van der Waals surface area contributed by atoms with Gasteiger partial charge in [-0.2, -0.15) is 0 Å². The van der Waals surface area contributed by atoms with Crippen molar-refractivity contribution in [3.63, 3.8) is 0 Å². The van der Waals surface area contributed by atoms with Gasteiger partial charge in [0.15, 0.2) is 0 Å². The van der Waals surface area contributed by atoms with Gasteiger partial charge in [-0.3, -0.25) is 4.79 Å². The Balaban J connectivity index is 3.01. The van der Waals surface area contributed by atoms with Gasteiger partial charge < -0.3 is 15.5 Å². The summed E-state index contributed by atoms with van der Waals surface area (Å²) in [5.74, 6) is 0.553. The molecule has 1 aromatic heterocycles. The van der Waals surface area contributed by atoms with Gasteiger partial charge in [0.05, 0.1) is 0 Å². The van der Waals surface area contributed by atoms with Crippen LogP contribution in [0.15, 0.2) is 11.0 Å². The average molecular weight is 197 g/mol. The number of nitrogens with two attached hydrogens (primary N) is 1. The lowest BCUT2D eigenvalue weighted by Gasteiger charge is -2.11. The molecule has 0 bridgehead atoms. The standard InChI is InChI=1S/C9H15N3O2/c1-3-7(14-2)8-11-5-6(4-10)9(13)12-8/h5,7H,3-4,10H2,1-2H3,(H,11,12,13). The van der Waals surface area contributed by atoms with Crippen LogP contribution in [0.4, 0.5) is 0 Å². The molecular weight excluding hydrogens is 182 g/mol. The second kappa shape index (κ2) is 4.88. The first-order valence-electron chi connectivity index (χ1n) is 4.53. The molecule has 5 heteroatoms. The molecule has 0 aliphatic carbocycles. The number of nitrogens with one attached hydrogen (secondary N) is 1. The van der Waals surface area contributed by atoms with E-state index >= 15 is 0 Å². The quantitative estimate of drug-likeness (QED) is 0.728. The Morgan fingerprint density at radius 1 is 1.71 bits per heavy atom. The fourth-order valence-electron chi connectivity index (χ4n) is 1.22. The van der Waals surface area contributed by atoms with E-state index in [0.29, 0.717) is 11.4 Å². The largest absolute Gasteiger partial charge is 0.374 e. The summed E-state index contributed by atoms with van der Waals surface area (Å²) >= 11 is 0. The molecule has 0 spiro atoms. The lowest BCUT2D eigenvalue weighted by molar-refractivity contribution is 0.0923. The molecule has 0 aliphatic rings. The number of nitrogens with zero attached hydrogens (tertiary/aromatic N) is 1. The van der Waals surface area contributed by atoms with E-state index in [1.54, 1.807) is 7.11 Å². The van der Waals surface area contributed by atoms with Crippen LogP contribution in [0.25, 0.3) is 0 Å². The van der Waals surface area contributed by atoms with E-state index in [-0.39, 0.29) is 18.2 Å². The SMILES string of the molecule is CCC(OC)c1ncc(CN)c(=O)[nH]1. The summed E-state index contributed by atoms with van der Waals surface area (Å²) in [6.07, 6.45) is 2.10. The number of hydrogen-bond donors (Lipinski definition) is 2. The molecule has 0 amide bonds. The molecule has 1 unspecified atom stereocenters. The molecular formula is C9H15N3O2. The van der Waals surface area contributed by atoms with E-state index in [1.807, 2.05) is 6.92 Å². The number of methoxy groups -OCH3 is 1. The van der Waals surface area contributed by atoms with Crippen molar-refractivity contribution in [1.29, 1.82) is 0 Å². The van der Waals surface area contributed by atoms with Crippen LogP contribution in [0, 0.1) is 0 Å². The van der Waals surface area contributed by atoms with Crippen LogP contribution in [0.5, 0.6) is 0 Å². The highest BCUT2D eigenvalue weighted by Gasteiger charge is 2.11. The molecule has 0 saturated carbocycles. The normalized spacial score (nSPS) is 12.8. The molecule has 14 heavy (non-hydrogen) atoms. The predicted octanol–water partition coefficient (Wildman–Crippen LogP) is 0.326. The van der Waals surface area contributed by atoms with E-state index < -0.39 is 0 Å². The third-order valence-electron chi connectivity index (χ3n) is 2.07. The van der Waals surface area contributed by atoms with Gasteiger partial charge in [0.2, 0.25) is 0 Å². The van der Waals surface area contributed by atoms with Gasteiger partial charge in [-0.05, 0) is 6.42 Å². The first-order chi connectivity index (χ1) is 6.72. The highest BCUT2D eigenvalue weighted by atomic mass is 16.5. The zero-order valence-corrected chi connectivity index (χ0v) is 8.41. The van der Waals surface area contributed by atoms with Gasteiger partial charge >= 0.3 is 0 Å². The zero-order valence-electron chi connectivity index (χ0n) is 8.41. The third kappa shape index (κ3) is 2.18. The van der Waals surface area contributed by atoms with Crippen molar-refractivity contribution in [2.45, 2.75) is 26.0 Å². The minimum absolute atomic E-state index is 0.158. The smallest absolute Gasteiger partial charge is 0.255 e. The summed E-state index contributed by atoms with van der Waals surface area (Å²) in [5, 5.41) is 0. The number of aromatic amines is 1. The monoisotopic (exact) mass is 197 g/mol. The molecule has 0 aromatic carbocycles. The highest BCUT2D eigenvalue weighted by molar-refractivity contribution is 5.06. The second-order valence-corrected chi connectivity index (χ2v) is 2.96. The van der Waals surface area contributed by atoms with Gasteiger partial charge in [0.25, 0.3) is 5.56 Å². The number of aromatic nitrogens is 2. The molecule has 0 fully saturated rings. The molecule has 3 N–H and O–H groups in total. The maximum Gasteiger partial charge on any atom is 0.255 e. The van der Waals surface area contributed by atoms with Crippen molar-refractivity contribution in [3.8, 4) is 0 Å². The Morgan fingerprint density at radius 2 is 2.43 bits per heavy atom. The summed E-state index contributed by atoms with van der Waals surface area (Å²) in [6, 6.07) is 0. The van der Waals surface area contributed by atoms with E-state index in [2.05, 4.69) is 9.97 Å². The first-order valence-corrected chi connectivity index (χ1v) is 4.53. The summed E-state index contributed by atoms with van der Waals surface area (Å²) in [4.78, 5) is 18.1. The Bertz CT molecular complexity index is 344. The molecule has 0 aliphatic heterocycles. The maximum atomic E-state index is 11.4. The first kappa shape index (κ1) is 10.9. The Hall–Kier alpha value is -1.20. The van der Waals surface area contributed by atoms with Gasteiger partial charge in [-0.15, -0.1) is 0 Å². The van der Waals surface area contributed by atoms with Crippen LogP contribution in [0.3, 0.4) is 0 Å². The van der Waals surface area contributed by atoms with Crippen LogP contribution in [-0.2, 0) is 11.3 Å². The van der Waals surface area contributed by atoms with Crippen LogP contribution in [0.2, 0.25) is 0 Å². The van der Waals surface area contributed by atoms with Crippen LogP contribution < -0.4 is 11.3 Å². The van der Waals surface area contributed by atoms with Gasteiger partial charge in [-0.1, -0.05) is 6.92 Å². The summed E-state index contributed by atoms with van der Waals surface area (Å²) < 4.78 is 5.15. The van der Waals surface area contributed by atoms with E-state index in [1.165, 1.54) is 6.20 Å². The number of ether oxygens (including phenoxy) is 1. The summed E-state index contributed by atoms with van der Waals surface area (Å²) in [7, 11) is 1.59. The minimum Gasteiger partial charge on any atom is -0.374 e. The highest BCUT2D eigenvalue weighted by Crippen LogP contribution is 2.13. The van der Waals surface area contributed by atoms with Crippen molar-refractivity contribution in [3.05, 3.63) is 27.9 Å². The molecule has 1 aromatic rings. The number of H-pyrrole nitrogens is 1. The fourth-order valence-corrected chi connectivity index (χ4v) is 1.22. The number of hydrogen-bond acceptors (Lipinski definition) is 4. The van der Waals surface area contributed by atoms with Crippen molar-refractivity contribution >= 4 is 0 Å². The van der Waals surface area contributed by atoms with Crippen molar-refractivity contribution in [1.82, 2.24) is 9.97 Å². The Labute approximate surface area is 82.3 Å². The molecule has 0 radical (unpaired) electrons. The molecule has 78 valence electrons. The van der Waals surface area contributed by atoms with Crippen molar-refractivity contribution in [2.75, 3.05) is 7.11 Å². The molecule has 1 rings (SSSR count). The topological polar surface area (TPSA) is 81.0 Å². The van der Waals surface area contributed by atoms with Gasteiger partial charge in [0.1, 0.15) is 11.9 Å². The molecule has 1 atom stereocenters. The Kier molecular flexibility index (Phi) is 3.79. The molecule has 1 heterocycles. The molecule has 5 nitrogen and oxygen atoms in total.